The molecular weight excluding hydrogens is 370 g/mol. The first-order chi connectivity index (χ1) is 13.8. The number of nitrogens with zero attached hydrogens (tertiary/aromatic N) is 1. The van der Waals surface area contributed by atoms with E-state index in [1.807, 2.05) is 25.1 Å². The van der Waals surface area contributed by atoms with E-state index in [9.17, 15) is 9.59 Å². The number of carbonyl (C=O) groups excluding carboxylic acids is 2. The topological polar surface area (TPSA) is 65.1 Å². The van der Waals surface area contributed by atoms with E-state index >= 15 is 0 Å². The highest BCUT2D eigenvalue weighted by molar-refractivity contribution is 5.93. The first-order valence-corrected chi connectivity index (χ1v) is 9.89. The molecule has 0 aromatic heterocycles. The number of rotatable bonds is 6. The molecule has 6 heteroatoms. The lowest BCUT2D eigenvalue weighted by atomic mass is 9.71. The van der Waals surface area contributed by atoms with Crippen LogP contribution in [0.2, 0.25) is 0 Å². The van der Waals surface area contributed by atoms with Crippen LogP contribution in [0.15, 0.2) is 42.7 Å². The molecule has 1 fully saturated rings. The van der Waals surface area contributed by atoms with Crippen molar-refractivity contribution in [3.05, 3.63) is 53.8 Å². The van der Waals surface area contributed by atoms with E-state index in [4.69, 9.17) is 14.2 Å². The van der Waals surface area contributed by atoms with Crippen molar-refractivity contribution >= 4 is 11.9 Å². The van der Waals surface area contributed by atoms with Gasteiger partial charge in [0.2, 0.25) is 0 Å². The molecule has 0 bridgehead atoms. The molecule has 0 spiro atoms. The normalized spacial score (nSPS) is 24.2. The van der Waals surface area contributed by atoms with E-state index in [1.165, 1.54) is 4.90 Å². The zero-order valence-electron chi connectivity index (χ0n) is 17.6. The summed E-state index contributed by atoms with van der Waals surface area (Å²) in [6.45, 7) is 7.94. The molecule has 156 valence electrons. The van der Waals surface area contributed by atoms with E-state index in [2.05, 4.69) is 13.5 Å². The Morgan fingerprint density at radius 2 is 2.21 bits per heavy atom. The Hall–Kier alpha value is -2.60. The summed E-state index contributed by atoms with van der Waals surface area (Å²) >= 11 is 0. The lowest BCUT2D eigenvalue weighted by Crippen LogP contribution is -2.44. The van der Waals surface area contributed by atoms with Crippen molar-refractivity contribution in [3.63, 3.8) is 0 Å². The summed E-state index contributed by atoms with van der Waals surface area (Å²) in [5.41, 5.74) is 1.31. The van der Waals surface area contributed by atoms with Crippen LogP contribution in [0.4, 0.5) is 4.79 Å². The zero-order chi connectivity index (χ0) is 21.2. The Kier molecular flexibility index (Phi) is 6.13. The van der Waals surface area contributed by atoms with Crippen LogP contribution in [-0.2, 0) is 20.7 Å². The fraction of sp³-hybridized carbons (Fsp3) is 0.478. The molecule has 1 heterocycles. The van der Waals surface area contributed by atoms with Gasteiger partial charge >= 0.3 is 6.09 Å². The first-order valence-electron chi connectivity index (χ1n) is 9.89. The second kappa shape index (κ2) is 8.41. The number of carbonyl (C=O) groups is 2. The highest BCUT2D eigenvalue weighted by Crippen LogP contribution is 2.46. The van der Waals surface area contributed by atoms with E-state index in [1.54, 1.807) is 26.2 Å². The third kappa shape index (κ3) is 4.22. The molecule has 0 radical (unpaired) electrons. The molecule has 1 aliphatic carbocycles. The summed E-state index contributed by atoms with van der Waals surface area (Å²) < 4.78 is 17.2. The summed E-state index contributed by atoms with van der Waals surface area (Å²) in [5, 5.41) is 0. The zero-order valence-corrected chi connectivity index (χ0v) is 17.6. The smallest absolute Gasteiger partial charge is 0.414 e. The van der Waals surface area contributed by atoms with Crippen molar-refractivity contribution < 1.29 is 23.8 Å². The molecule has 29 heavy (non-hydrogen) atoms. The number of ketones is 1. The molecule has 0 saturated carbocycles. The van der Waals surface area contributed by atoms with Crippen molar-refractivity contribution in [1.29, 1.82) is 0 Å². The van der Waals surface area contributed by atoms with Crippen LogP contribution in [0.3, 0.4) is 0 Å². The maximum Gasteiger partial charge on any atom is 0.414 e. The van der Waals surface area contributed by atoms with Gasteiger partial charge in [0.15, 0.2) is 12.6 Å². The molecule has 0 N–H and O–H groups in total. The first kappa shape index (κ1) is 21.1. The van der Waals surface area contributed by atoms with Crippen LogP contribution in [0, 0.1) is 18.8 Å². The van der Waals surface area contributed by atoms with E-state index < -0.39 is 11.7 Å². The standard InChI is InChI=1S/C23H29NO5/c1-6-7-18-13-23(21(12-19(18)25)27-14-28-23)16(3)10-17-9-8-15(2)20(11-17)29-22(26)24(4)5/h6,8-9,11-12,16,18H,1,7,10,13-14H2,2-5H3/t16-,18?,23+/m0/s1. The number of fused-ring (bicyclic) bond motifs is 1. The minimum absolute atomic E-state index is 0.0665. The molecule has 2 aliphatic rings. The second-order valence-corrected chi connectivity index (χ2v) is 8.10. The highest BCUT2D eigenvalue weighted by Gasteiger charge is 2.51. The van der Waals surface area contributed by atoms with Gasteiger partial charge in [-0.2, -0.15) is 0 Å². The minimum atomic E-state index is -0.618. The highest BCUT2D eigenvalue weighted by atomic mass is 16.7. The third-order valence-electron chi connectivity index (χ3n) is 5.78. The second-order valence-electron chi connectivity index (χ2n) is 8.10. The summed E-state index contributed by atoms with van der Waals surface area (Å²) in [7, 11) is 3.30. The Morgan fingerprint density at radius 1 is 1.45 bits per heavy atom. The third-order valence-corrected chi connectivity index (χ3v) is 5.78. The van der Waals surface area contributed by atoms with Gasteiger partial charge in [-0.3, -0.25) is 4.79 Å². The summed E-state index contributed by atoms with van der Waals surface area (Å²) in [6, 6.07) is 5.88. The Labute approximate surface area is 172 Å². The van der Waals surface area contributed by atoms with Gasteiger partial charge in [0.1, 0.15) is 17.1 Å². The lowest BCUT2D eigenvalue weighted by Gasteiger charge is -2.38. The van der Waals surface area contributed by atoms with E-state index in [0.29, 0.717) is 30.8 Å². The predicted octanol–water partition coefficient (Wildman–Crippen LogP) is 4.03. The van der Waals surface area contributed by atoms with Gasteiger partial charge in [-0.05, 0) is 49.3 Å². The maximum atomic E-state index is 12.4. The molecule has 1 saturated heterocycles. The average Bonchev–Trinajstić information content (AvgIpc) is 3.08. The monoisotopic (exact) mass is 399 g/mol. The van der Waals surface area contributed by atoms with E-state index in [-0.39, 0.29) is 24.4 Å². The number of hydrogen-bond donors (Lipinski definition) is 0. The molecule has 1 aliphatic heterocycles. The number of allylic oxidation sites excluding steroid dienone is 2. The van der Waals surface area contributed by atoms with Crippen LogP contribution >= 0.6 is 0 Å². The Balaban J connectivity index is 1.83. The number of benzene rings is 1. The molecule has 3 rings (SSSR count). The van der Waals surface area contributed by atoms with Gasteiger partial charge < -0.3 is 19.1 Å². The van der Waals surface area contributed by atoms with Crippen molar-refractivity contribution in [2.24, 2.45) is 11.8 Å². The predicted molar refractivity (Wildman–Crippen MR) is 110 cm³/mol. The lowest BCUT2D eigenvalue weighted by molar-refractivity contribution is -0.123. The fourth-order valence-corrected chi connectivity index (χ4v) is 4.00. The molecule has 1 unspecified atom stereocenters. The SMILES string of the molecule is C=CCC1C[C@]2([C@@H](C)Cc3ccc(C)c(OC(=O)N(C)C)c3)OCOC2=CC1=O. The summed E-state index contributed by atoms with van der Waals surface area (Å²) in [5.74, 6) is 1.17. The van der Waals surface area contributed by atoms with Crippen molar-refractivity contribution in [1.82, 2.24) is 4.90 Å². The van der Waals surface area contributed by atoms with Crippen LogP contribution < -0.4 is 4.74 Å². The summed E-state index contributed by atoms with van der Waals surface area (Å²) in [4.78, 5) is 25.7. The average molecular weight is 399 g/mol. The largest absolute Gasteiger partial charge is 0.469 e. The Bertz CT molecular complexity index is 844. The summed E-state index contributed by atoms with van der Waals surface area (Å²) in [6.07, 6.45) is 4.87. The molecule has 1 aromatic carbocycles. The molecule has 1 amide bonds. The van der Waals surface area contributed by atoms with Crippen molar-refractivity contribution in [2.75, 3.05) is 20.9 Å². The number of amides is 1. The maximum absolute atomic E-state index is 12.4. The van der Waals surface area contributed by atoms with Crippen LogP contribution in [0.1, 0.15) is 30.9 Å². The van der Waals surface area contributed by atoms with Crippen LogP contribution in [0.25, 0.3) is 0 Å². The van der Waals surface area contributed by atoms with Gasteiger partial charge in [0.25, 0.3) is 0 Å². The number of aryl methyl sites for hydroxylation is 1. The van der Waals surface area contributed by atoms with Gasteiger partial charge in [-0.1, -0.05) is 25.1 Å². The van der Waals surface area contributed by atoms with Gasteiger partial charge in [0, 0.05) is 26.1 Å². The van der Waals surface area contributed by atoms with Crippen molar-refractivity contribution in [3.8, 4) is 5.75 Å². The van der Waals surface area contributed by atoms with Crippen LogP contribution in [0.5, 0.6) is 5.75 Å². The van der Waals surface area contributed by atoms with E-state index in [0.717, 1.165) is 11.1 Å². The molecule has 3 atom stereocenters. The molecule has 1 aromatic rings. The fourth-order valence-electron chi connectivity index (χ4n) is 4.00. The van der Waals surface area contributed by atoms with Gasteiger partial charge in [-0.15, -0.1) is 6.58 Å². The number of hydrogen-bond acceptors (Lipinski definition) is 5. The minimum Gasteiger partial charge on any atom is -0.469 e. The van der Waals surface area contributed by atoms with Gasteiger partial charge in [-0.25, -0.2) is 4.79 Å². The number of ether oxygens (including phenoxy) is 3. The van der Waals surface area contributed by atoms with Crippen molar-refractivity contribution in [2.45, 2.75) is 38.7 Å². The Morgan fingerprint density at radius 3 is 2.90 bits per heavy atom. The molecule has 6 nitrogen and oxygen atoms in total. The quantitative estimate of drug-likeness (QED) is 0.676. The van der Waals surface area contributed by atoms with Gasteiger partial charge in [0.05, 0.1) is 0 Å². The molecular formula is C23H29NO5. The van der Waals surface area contributed by atoms with Crippen LogP contribution in [-0.4, -0.2) is 43.3 Å².